The van der Waals surface area contributed by atoms with Gasteiger partial charge in [-0.25, -0.2) is 0 Å². The maximum absolute atomic E-state index is 10.9. The highest BCUT2D eigenvalue weighted by Gasteiger charge is 2.14. The molecule has 18 heavy (non-hydrogen) atoms. The number of benzene rings is 1. The predicted octanol–water partition coefficient (Wildman–Crippen LogP) is 2.87. The fourth-order valence-corrected chi connectivity index (χ4v) is 1.89. The van der Waals surface area contributed by atoms with Gasteiger partial charge in [-0.15, -0.1) is 0 Å². The molecule has 0 aliphatic heterocycles. The van der Waals surface area contributed by atoms with Gasteiger partial charge in [0.05, 0.1) is 4.92 Å². The van der Waals surface area contributed by atoms with Crippen LogP contribution in [0.3, 0.4) is 0 Å². The topological polar surface area (TPSA) is 64.4 Å². The van der Waals surface area contributed by atoms with E-state index >= 15 is 0 Å². The van der Waals surface area contributed by atoms with E-state index in [4.69, 9.17) is 4.74 Å². The molecule has 0 heterocycles. The van der Waals surface area contributed by atoms with Crippen molar-refractivity contribution in [2.75, 3.05) is 13.7 Å². The smallest absolute Gasteiger partial charge is 0.275 e. The van der Waals surface area contributed by atoms with Crippen LogP contribution in [0.15, 0.2) is 22.7 Å². The first-order valence-electron chi connectivity index (χ1n) is 5.69. The normalized spacial score (nSPS) is 12.4. The van der Waals surface area contributed by atoms with E-state index in [1.165, 1.54) is 6.07 Å². The first kappa shape index (κ1) is 15.1. The minimum absolute atomic E-state index is 0.135. The molecule has 0 radical (unpaired) electrons. The molecule has 1 N–H and O–H groups in total. The van der Waals surface area contributed by atoms with Gasteiger partial charge in [-0.2, -0.15) is 0 Å². The third kappa shape index (κ3) is 4.72. The molecular weight excluding hydrogens is 300 g/mol. The molecule has 0 spiro atoms. The van der Waals surface area contributed by atoms with E-state index in [-0.39, 0.29) is 16.7 Å². The van der Waals surface area contributed by atoms with E-state index in [1.54, 1.807) is 13.2 Å². The van der Waals surface area contributed by atoms with Crippen LogP contribution in [0.25, 0.3) is 0 Å². The lowest BCUT2D eigenvalue weighted by molar-refractivity contribution is -0.385. The Morgan fingerprint density at radius 1 is 1.56 bits per heavy atom. The molecule has 100 valence electrons. The zero-order chi connectivity index (χ0) is 13.5. The number of nitrogens with zero attached hydrogens (tertiary/aromatic N) is 1. The number of ether oxygens (including phenoxy) is 1. The van der Waals surface area contributed by atoms with Crippen molar-refractivity contribution in [2.45, 2.75) is 25.9 Å². The molecular formula is C12H17BrN2O3. The highest BCUT2D eigenvalue weighted by molar-refractivity contribution is 9.10. The summed E-state index contributed by atoms with van der Waals surface area (Å²) in [7, 11) is 1.66. The van der Waals surface area contributed by atoms with E-state index in [0.717, 1.165) is 6.42 Å². The molecule has 0 saturated carbocycles. The SMILES string of the molecule is COCCC(C)NCc1ccc(Br)cc1[N+](=O)[O-]. The number of methoxy groups -OCH3 is 1. The molecule has 0 bridgehead atoms. The fourth-order valence-electron chi connectivity index (χ4n) is 1.54. The second-order valence-corrected chi connectivity index (χ2v) is 5.01. The lowest BCUT2D eigenvalue weighted by atomic mass is 10.1. The van der Waals surface area contributed by atoms with Crippen LogP contribution in [0.2, 0.25) is 0 Å². The molecule has 0 fully saturated rings. The Bertz CT molecular complexity index is 412. The van der Waals surface area contributed by atoms with E-state index in [9.17, 15) is 10.1 Å². The van der Waals surface area contributed by atoms with Gasteiger partial charge >= 0.3 is 0 Å². The van der Waals surface area contributed by atoms with Crippen molar-refractivity contribution in [1.82, 2.24) is 5.32 Å². The quantitative estimate of drug-likeness (QED) is 0.620. The zero-order valence-electron chi connectivity index (χ0n) is 10.5. The third-order valence-corrected chi connectivity index (χ3v) is 3.13. The van der Waals surface area contributed by atoms with Gasteiger partial charge in [0.15, 0.2) is 0 Å². The summed E-state index contributed by atoms with van der Waals surface area (Å²) in [5.74, 6) is 0. The number of nitro groups is 1. The summed E-state index contributed by atoms with van der Waals surface area (Å²) in [5.41, 5.74) is 0.822. The van der Waals surface area contributed by atoms with E-state index in [0.29, 0.717) is 23.2 Å². The lowest BCUT2D eigenvalue weighted by Crippen LogP contribution is -2.26. The lowest BCUT2D eigenvalue weighted by Gasteiger charge is -2.13. The highest BCUT2D eigenvalue weighted by Crippen LogP contribution is 2.23. The first-order valence-corrected chi connectivity index (χ1v) is 6.49. The second-order valence-electron chi connectivity index (χ2n) is 4.09. The van der Waals surface area contributed by atoms with Crippen molar-refractivity contribution in [3.8, 4) is 0 Å². The van der Waals surface area contributed by atoms with Gasteiger partial charge in [-0.05, 0) is 25.5 Å². The summed E-state index contributed by atoms with van der Waals surface area (Å²) in [6.07, 6.45) is 0.876. The summed E-state index contributed by atoms with van der Waals surface area (Å²) in [4.78, 5) is 10.6. The second kappa shape index (κ2) is 7.45. The predicted molar refractivity (Wildman–Crippen MR) is 73.6 cm³/mol. The molecule has 1 rings (SSSR count). The maximum atomic E-state index is 10.9. The molecule has 0 saturated heterocycles. The minimum atomic E-state index is -0.360. The fraction of sp³-hybridized carbons (Fsp3) is 0.500. The Labute approximate surface area is 115 Å². The number of hydrogen-bond acceptors (Lipinski definition) is 4. The molecule has 0 aliphatic carbocycles. The molecule has 6 heteroatoms. The van der Waals surface area contributed by atoms with Crippen LogP contribution in [0.5, 0.6) is 0 Å². The van der Waals surface area contributed by atoms with Crippen LogP contribution in [0.1, 0.15) is 18.9 Å². The van der Waals surface area contributed by atoms with Gasteiger partial charge in [0.1, 0.15) is 0 Å². The van der Waals surface area contributed by atoms with Crippen molar-refractivity contribution in [3.63, 3.8) is 0 Å². The molecule has 1 aromatic rings. The van der Waals surface area contributed by atoms with Gasteiger partial charge in [0.2, 0.25) is 0 Å². The Morgan fingerprint density at radius 3 is 2.89 bits per heavy atom. The van der Waals surface area contributed by atoms with Crippen LogP contribution >= 0.6 is 15.9 Å². The summed E-state index contributed by atoms with van der Waals surface area (Å²) in [5, 5.41) is 14.2. The molecule has 0 amide bonds. The van der Waals surface area contributed by atoms with Crippen molar-refractivity contribution in [1.29, 1.82) is 0 Å². The van der Waals surface area contributed by atoms with E-state index in [1.807, 2.05) is 13.0 Å². The van der Waals surface area contributed by atoms with E-state index < -0.39 is 0 Å². The van der Waals surface area contributed by atoms with Crippen LogP contribution in [-0.2, 0) is 11.3 Å². The number of nitrogens with one attached hydrogen (secondary N) is 1. The summed E-state index contributed by atoms with van der Waals surface area (Å²) >= 11 is 3.24. The third-order valence-electron chi connectivity index (χ3n) is 2.64. The largest absolute Gasteiger partial charge is 0.385 e. The molecule has 0 aliphatic rings. The molecule has 1 atom stereocenters. The molecule has 0 aromatic heterocycles. The highest BCUT2D eigenvalue weighted by atomic mass is 79.9. The van der Waals surface area contributed by atoms with Gasteiger partial charge in [-0.1, -0.05) is 15.9 Å². The Kier molecular flexibility index (Phi) is 6.24. The van der Waals surface area contributed by atoms with Crippen LogP contribution < -0.4 is 5.32 Å². The van der Waals surface area contributed by atoms with Crippen molar-refractivity contribution in [3.05, 3.63) is 38.3 Å². The first-order chi connectivity index (χ1) is 8.54. The summed E-state index contributed by atoms with van der Waals surface area (Å²) in [6.45, 7) is 3.19. The average molecular weight is 317 g/mol. The maximum Gasteiger partial charge on any atom is 0.275 e. The Hall–Kier alpha value is -0.980. The Balaban J connectivity index is 2.64. The number of nitro benzene ring substituents is 1. The number of halogens is 1. The van der Waals surface area contributed by atoms with Crippen LogP contribution in [0, 0.1) is 10.1 Å². The summed E-state index contributed by atoms with van der Waals surface area (Å²) in [6, 6.07) is 5.35. The number of hydrogen-bond donors (Lipinski definition) is 1. The molecule has 1 unspecified atom stereocenters. The van der Waals surface area contributed by atoms with Crippen molar-refractivity contribution < 1.29 is 9.66 Å². The standard InChI is InChI=1S/C12H17BrN2O3/c1-9(5-6-18-2)14-8-10-3-4-11(13)7-12(10)15(16)17/h3-4,7,9,14H,5-6,8H2,1-2H3. The Morgan fingerprint density at radius 2 is 2.28 bits per heavy atom. The molecule has 1 aromatic carbocycles. The van der Waals surface area contributed by atoms with Crippen LogP contribution in [-0.4, -0.2) is 24.7 Å². The summed E-state index contributed by atoms with van der Waals surface area (Å²) < 4.78 is 5.70. The van der Waals surface area contributed by atoms with Gasteiger partial charge in [0, 0.05) is 42.4 Å². The molecule has 5 nitrogen and oxygen atoms in total. The van der Waals surface area contributed by atoms with Gasteiger partial charge < -0.3 is 10.1 Å². The van der Waals surface area contributed by atoms with Gasteiger partial charge in [-0.3, -0.25) is 10.1 Å². The minimum Gasteiger partial charge on any atom is -0.385 e. The zero-order valence-corrected chi connectivity index (χ0v) is 12.1. The van der Waals surface area contributed by atoms with Crippen molar-refractivity contribution in [2.24, 2.45) is 0 Å². The van der Waals surface area contributed by atoms with Crippen LogP contribution in [0.4, 0.5) is 5.69 Å². The average Bonchev–Trinajstić information content (AvgIpc) is 2.34. The van der Waals surface area contributed by atoms with Gasteiger partial charge in [0.25, 0.3) is 5.69 Å². The van der Waals surface area contributed by atoms with Crippen molar-refractivity contribution >= 4 is 21.6 Å². The number of rotatable bonds is 7. The van der Waals surface area contributed by atoms with E-state index in [2.05, 4.69) is 21.2 Å². The monoisotopic (exact) mass is 316 g/mol.